The number of amides is 2. The Morgan fingerprint density at radius 3 is 2.70 bits per heavy atom. The maximum Gasteiger partial charge on any atom is 0.255 e. The first-order chi connectivity index (χ1) is 11.0. The van der Waals surface area contributed by atoms with Crippen molar-refractivity contribution in [1.29, 1.82) is 0 Å². The highest BCUT2D eigenvalue weighted by molar-refractivity contribution is 9.10. The summed E-state index contributed by atoms with van der Waals surface area (Å²) in [7, 11) is 1.59. The Morgan fingerprint density at radius 2 is 2.00 bits per heavy atom. The maximum absolute atomic E-state index is 12.3. The fourth-order valence-electron chi connectivity index (χ4n) is 2.18. The lowest BCUT2D eigenvalue weighted by molar-refractivity contribution is -0.116. The van der Waals surface area contributed by atoms with Crippen LogP contribution < -0.4 is 5.32 Å². The molecule has 1 aromatic heterocycles. The average Bonchev–Trinajstić information content (AvgIpc) is 2.54. The van der Waals surface area contributed by atoms with Gasteiger partial charge in [-0.3, -0.25) is 14.6 Å². The molecule has 0 aliphatic heterocycles. The Kier molecular flexibility index (Phi) is 5.87. The number of benzene rings is 1. The van der Waals surface area contributed by atoms with Crippen molar-refractivity contribution in [2.45, 2.75) is 13.3 Å². The van der Waals surface area contributed by atoms with Gasteiger partial charge in [0, 0.05) is 29.6 Å². The summed E-state index contributed by atoms with van der Waals surface area (Å²) in [5.41, 5.74) is 2.28. The van der Waals surface area contributed by atoms with Gasteiger partial charge in [0.15, 0.2) is 0 Å². The van der Waals surface area contributed by atoms with Gasteiger partial charge in [0.05, 0.1) is 12.1 Å². The summed E-state index contributed by atoms with van der Waals surface area (Å²) >= 11 is 3.28. The van der Waals surface area contributed by atoms with Crippen molar-refractivity contribution in [2.24, 2.45) is 0 Å². The number of rotatable bonds is 5. The maximum atomic E-state index is 12.3. The molecule has 6 heteroatoms. The van der Waals surface area contributed by atoms with Crippen molar-refractivity contribution in [3.8, 4) is 0 Å². The monoisotopic (exact) mass is 375 g/mol. The Morgan fingerprint density at radius 1 is 1.26 bits per heavy atom. The number of hydrogen-bond acceptors (Lipinski definition) is 3. The van der Waals surface area contributed by atoms with Crippen molar-refractivity contribution in [3.63, 3.8) is 0 Å². The summed E-state index contributed by atoms with van der Waals surface area (Å²) in [5.74, 6) is -0.484. The number of carbonyl (C=O) groups is 2. The van der Waals surface area contributed by atoms with E-state index >= 15 is 0 Å². The summed E-state index contributed by atoms with van der Waals surface area (Å²) in [6.45, 7) is 2.00. The molecule has 0 bridgehead atoms. The lowest BCUT2D eigenvalue weighted by Gasteiger charge is -2.17. The molecule has 0 saturated carbocycles. The van der Waals surface area contributed by atoms with E-state index in [4.69, 9.17) is 0 Å². The van der Waals surface area contributed by atoms with Crippen molar-refractivity contribution in [3.05, 3.63) is 58.3 Å². The summed E-state index contributed by atoms with van der Waals surface area (Å²) in [6, 6.07) is 9.31. The van der Waals surface area contributed by atoms with Crippen LogP contribution in [-0.2, 0) is 11.2 Å². The van der Waals surface area contributed by atoms with E-state index in [9.17, 15) is 9.59 Å². The Balaban J connectivity index is 2.01. The SMILES string of the molecule is CCc1ccccc1NC(=O)CN(C)C(=O)c1cncc(Br)c1. The number of anilines is 1. The molecule has 0 atom stereocenters. The van der Waals surface area contributed by atoms with Gasteiger partial charge in [-0.25, -0.2) is 0 Å². The van der Waals surface area contributed by atoms with Crippen molar-refractivity contribution >= 4 is 33.4 Å². The topological polar surface area (TPSA) is 62.3 Å². The third kappa shape index (κ3) is 4.63. The van der Waals surface area contributed by atoms with Crippen molar-refractivity contribution in [1.82, 2.24) is 9.88 Å². The highest BCUT2D eigenvalue weighted by atomic mass is 79.9. The van der Waals surface area contributed by atoms with Crippen LogP contribution in [-0.4, -0.2) is 35.3 Å². The van der Waals surface area contributed by atoms with E-state index in [1.807, 2.05) is 31.2 Å². The minimum absolute atomic E-state index is 0.0244. The predicted octanol–water partition coefficient (Wildman–Crippen LogP) is 3.12. The smallest absolute Gasteiger partial charge is 0.255 e. The summed E-state index contributed by atoms with van der Waals surface area (Å²) < 4.78 is 0.720. The predicted molar refractivity (Wildman–Crippen MR) is 93.3 cm³/mol. The van der Waals surface area contributed by atoms with E-state index in [2.05, 4.69) is 26.2 Å². The van der Waals surface area contributed by atoms with E-state index in [0.29, 0.717) is 5.56 Å². The van der Waals surface area contributed by atoms with Gasteiger partial charge in [-0.15, -0.1) is 0 Å². The molecule has 5 nitrogen and oxygen atoms in total. The molecule has 2 rings (SSSR count). The number of likely N-dealkylation sites (N-methyl/N-ethyl adjacent to an activating group) is 1. The van der Waals surface area contributed by atoms with E-state index in [1.54, 1.807) is 19.3 Å². The molecule has 0 radical (unpaired) electrons. The van der Waals surface area contributed by atoms with Crippen molar-refractivity contribution in [2.75, 3.05) is 18.9 Å². The van der Waals surface area contributed by atoms with Crippen LogP contribution in [0.1, 0.15) is 22.8 Å². The summed E-state index contributed by atoms with van der Waals surface area (Å²) in [6.07, 6.45) is 3.91. The molecular formula is C17H18BrN3O2. The molecule has 1 N–H and O–H groups in total. The largest absolute Gasteiger partial charge is 0.332 e. The van der Waals surface area contributed by atoms with Crippen LogP contribution >= 0.6 is 15.9 Å². The molecule has 120 valence electrons. The normalized spacial score (nSPS) is 10.2. The second kappa shape index (κ2) is 7.87. The number of aryl methyl sites for hydroxylation is 1. The van der Waals surface area contributed by atoms with Crippen molar-refractivity contribution < 1.29 is 9.59 Å². The zero-order valence-electron chi connectivity index (χ0n) is 13.0. The Bertz CT molecular complexity index is 718. The summed E-state index contributed by atoms with van der Waals surface area (Å²) in [4.78, 5) is 29.8. The third-order valence-electron chi connectivity index (χ3n) is 3.35. The molecule has 0 aliphatic rings. The number of nitrogens with one attached hydrogen (secondary N) is 1. The third-order valence-corrected chi connectivity index (χ3v) is 3.79. The second-order valence-electron chi connectivity index (χ2n) is 5.11. The minimum Gasteiger partial charge on any atom is -0.332 e. The van der Waals surface area contributed by atoms with Gasteiger partial charge in [-0.2, -0.15) is 0 Å². The average molecular weight is 376 g/mol. The molecule has 0 spiro atoms. The molecule has 23 heavy (non-hydrogen) atoms. The van der Waals surface area contributed by atoms with Gasteiger partial charge in [0.1, 0.15) is 0 Å². The Hall–Kier alpha value is -2.21. The van der Waals surface area contributed by atoms with Gasteiger partial charge < -0.3 is 10.2 Å². The van der Waals surface area contributed by atoms with Crippen LogP contribution in [0.5, 0.6) is 0 Å². The van der Waals surface area contributed by atoms with E-state index in [1.165, 1.54) is 11.1 Å². The minimum atomic E-state index is -0.252. The Labute approximate surface area is 143 Å². The highest BCUT2D eigenvalue weighted by Crippen LogP contribution is 2.15. The number of carbonyl (C=O) groups excluding carboxylic acids is 2. The first-order valence-electron chi connectivity index (χ1n) is 7.25. The van der Waals surface area contributed by atoms with Gasteiger partial charge >= 0.3 is 0 Å². The number of para-hydroxylation sites is 1. The summed E-state index contributed by atoms with van der Waals surface area (Å²) in [5, 5.41) is 2.85. The van der Waals surface area contributed by atoms with Crippen LogP contribution in [0.2, 0.25) is 0 Å². The van der Waals surface area contributed by atoms with Gasteiger partial charge in [0.25, 0.3) is 5.91 Å². The van der Waals surface area contributed by atoms with E-state index in [0.717, 1.165) is 22.1 Å². The van der Waals surface area contributed by atoms with Crippen LogP contribution in [0.15, 0.2) is 47.2 Å². The number of nitrogens with zero attached hydrogens (tertiary/aromatic N) is 2. The molecule has 1 aromatic carbocycles. The quantitative estimate of drug-likeness (QED) is 0.872. The number of pyridine rings is 1. The molecule has 2 aromatic rings. The van der Waals surface area contributed by atoms with Gasteiger partial charge in [-0.05, 0) is 40.0 Å². The molecule has 0 saturated heterocycles. The van der Waals surface area contributed by atoms with Crippen LogP contribution in [0.3, 0.4) is 0 Å². The first-order valence-corrected chi connectivity index (χ1v) is 8.04. The lowest BCUT2D eigenvalue weighted by atomic mass is 10.1. The molecule has 0 aliphatic carbocycles. The molecule has 0 fully saturated rings. The number of halogens is 1. The fourth-order valence-corrected chi connectivity index (χ4v) is 2.54. The van der Waals surface area contributed by atoms with Gasteiger partial charge in [0.2, 0.25) is 5.91 Å². The standard InChI is InChI=1S/C17H18BrN3O2/c1-3-12-6-4-5-7-15(12)20-16(22)11-21(2)17(23)13-8-14(18)10-19-9-13/h4-10H,3,11H2,1-2H3,(H,20,22). The van der Waals surface area contributed by atoms with E-state index < -0.39 is 0 Å². The zero-order chi connectivity index (χ0) is 16.8. The fraction of sp³-hybridized carbons (Fsp3) is 0.235. The van der Waals surface area contributed by atoms with Crippen LogP contribution in [0.4, 0.5) is 5.69 Å². The van der Waals surface area contributed by atoms with Crippen LogP contribution in [0, 0.1) is 0 Å². The van der Waals surface area contributed by atoms with Crippen LogP contribution in [0.25, 0.3) is 0 Å². The molecule has 2 amide bonds. The number of aromatic nitrogens is 1. The number of hydrogen-bond donors (Lipinski definition) is 1. The second-order valence-corrected chi connectivity index (χ2v) is 6.03. The van der Waals surface area contributed by atoms with E-state index in [-0.39, 0.29) is 18.4 Å². The molecular weight excluding hydrogens is 358 g/mol. The zero-order valence-corrected chi connectivity index (χ0v) is 14.6. The highest BCUT2D eigenvalue weighted by Gasteiger charge is 2.16. The molecule has 1 heterocycles. The molecule has 0 unspecified atom stereocenters. The lowest BCUT2D eigenvalue weighted by Crippen LogP contribution is -2.35. The van der Waals surface area contributed by atoms with Gasteiger partial charge in [-0.1, -0.05) is 25.1 Å². The first kappa shape index (κ1) is 17.1.